The number of carboxylic acid groups (broad SMARTS) is 1. The molecule has 0 aromatic heterocycles. The quantitative estimate of drug-likeness (QED) is 0.773. The summed E-state index contributed by atoms with van der Waals surface area (Å²) in [6, 6.07) is 6.87. The molecule has 19 heavy (non-hydrogen) atoms. The second kappa shape index (κ2) is 7.36. The zero-order chi connectivity index (χ0) is 14.3. The summed E-state index contributed by atoms with van der Waals surface area (Å²) in [6.45, 7) is 4.85. The first-order valence-corrected chi connectivity index (χ1v) is 6.28. The highest BCUT2D eigenvalue weighted by Crippen LogP contribution is 2.07. The molecule has 1 rings (SSSR count). The number of carbonyl (C=O) groups is 2. The minimum absolute atomic E-state index is 0.133. The van der Waals surface area contributed by atoms with E-state index >= 15 is 0 Å². The third kappa shape index (κ3) is 5.86. The SMILES string of the molecule is CC(C)CCNC(=O)c1cccc(C=CC(=O)O)c1. The Hall–Kier alpha value is -2.10. The van der Waals surface area contributed by atoms with E-state index in [-0.39, 0.29) is 5.91 Å². The van der Waals surface area contributed by atoms with Crippen molar-refractivity contribution in [3.05, 3.63) is 41.5 Å². The maximum Gasteiger partial charge on any atom is 0.328 e. The molecular weight excluding hydrogens is 242 g/mol. The van der Waals surface area contributed by atoms with Crippen LogP contribution in [0.4, 0.5) is 0 Å². The van der Waals surface area contributed by atoms with Gasteiger partial charge in [0.2, 0.25) is 0 Å². The Balaban J connectivity index is 2.65. The third-order valence-electron chi connectivity index (χ3n) is 2.57. The Bertz CT molecular complexity index is 478. The van der Waals surface area contributed by atoms with Gasteiger partial charge < -0.3 is 10.4 Å². The van der Waals surface area contributed by atoms with Crippen LogP contribution in [0, 0.1) is 5.92 Å². The molecule has 0 spiro atoms. The average molecular weight is 261 g/mol. The number of amides is 1. The van der Waals surface area contributed by atoms with Crippen LogP contribution in [-0.4, -0.2) is 23.5 Å². The summed E-state index contributed by atoms with van der Waals surface area (Å²) in [5, 5.41) is 11.4. The van der Waals surface area contributed by atoms with Crippen LogP contribution in [0.2, 0.25) is 0 Å². The van der Waals surface area contributed by atoms with Crippen molar-refractivity contribution in [2.45, 2.75) is 20.3 Å². The summed E-state index contributed by atoms with van der Waals surface area (Å²) >= 11 is 0. The molecule has 0 fully saturated rings. The minimum Gasteiger partial charge on any atom is -0.478 e. The molecule has 0 unspecified atom stereocenters. The Morgan fingerprint density at radius 1 is 1.37 bits per heavy atom. The molecule has 1 aromatic rings. The summed E-state index contributed by atoms with van der Waals surface area (Å²) in [6.07, 6.45) is 3.45. The van der Waals surface area contributed by atoms with E-state index in [1.54, 1.807) is 24.3 Å². The average Bonchev–Trinajstić information content (AvgIpc) is 2.36. The van der Waals surface area contributed by atoms with Crippen molar-refractivity contribution in [2.75, 3.05) is 6.54 Å². The van der Waals surface area contributed by atoms with Gasteiger partial charge in [0.05, 0.1) is 0 Å². The summed E-state index contributed by atoms with van der Waals surface area (Å²) < 4.78 is 0. The van der Waals surface area contributed by atoms with Crippen molar-refractivity contribution >= 4 is 18.0 Å². The predicted octanol–water partition coefficient (Wildman–Crippen LogP) is 2.56. The molecule has 0 aliphatic heterocycles. The van der Waals surface area contributed by atoms with Gasteiger partial charge in [-0.05, 0) is 36.1 Å². The van der Waals surface area contributed by atoms with Crippen LogP contribution in [0.25, 0.3) is 6.08 Å². The van der Waals surface area contributed by atoms with E-state index in [0.29, 0.717) is 23.6 Å². The van der Waals surface area contributed by atoms with Crippen molar-refractivity contribution in [1.82, 2.24) is 5.32 Å². The van der Waals surface area contributed by atoms with Gasteiger partial charge in [-0.1, -0.05) is 26.0 Å². The summed E-state index contributed by atoms with van der Waals surface area (Å²) in [7, 11) is 0. The maximum absolute atomic E-state index is 11.9. The van der Waals surface area contributed by atoms with E-state index in [1.165, 1.54) is 6.08 Å². The van der Waals surface area contributed by atoms with E-state index in [0.717, 1.165) is 12.5 Å². The predicted molar refractivity (Wildman–Crippen MR) is 74.9 cm³/mol. The molecule has 102 valence electrons. The van der Waals surface area contributed by atoms with E-state index in [4.69, 9.17) is 5.11 Å². The largest absolute Gasteiger partial charge is 0.478 e. The van der Waals surface area contributed by atoms with Crippen LogP contribution >= 0.6 is 0 Å². The lowest BCUT2D eigenvalue weighted by molar-refractivity contribution is -0.131. The molecule has 0 bridgehead atoms. The van der Waals surface area contributed by atoms with Gasteiger partial charge in [-0.3, -0.25) is 4.79 Å². The molecule has 0 aliphatic carbocycles. The van der Waals surface area contributed by atoms with Crippen LogP contribution in [0.5, 0.6) is 0 Å². The minimum atomic E-state index is -1.01. The second-order valence-electron chi connectivity index (χ2n) is 4.74. The van der Waals surface area contributed by atoms with Gasteiger partial charge in [-0.2, -0.15) is 0 Å². The number of rotatable bonds is 6. The molecule has 2 N–H and O–H groups in total. The number of aliphatic carboxylic acids is 1. The van der Waals surface area contributed by atoms with Crippen molar-refractivity contribution in [2.24, 2.45) is 5.92 Å². The Labute approximate surface area is 113 Å². The highest BCUT2D eigenvalue weighted by atomic mass is 16.4. The van der Waals surface area contributed by atoms with Crippen LogP contribution in [0.15, 0.2) is 30.3 Å². The smallest absolute Gasteiger partial charge is 0.328 e. The highest BCUT2D eigenvalue weighted by molar-refractivity contribution is 5.95. The third-order valence-corrected chi connectivity index (χ3v) is 2.57. The Morgan fingerprint density at radius 2 is 2.11 bits per heavy atom. The summed E-state index contributed by atoms with van der Waals surface area (Å²) in [5.41, 5.74) is 1.23. The summed E-state index contributed by atoms with van der Waals surface area (Å²) in [4.78, 5) is 22.3. The molecule has 4 heteroatoms. The molecule has 0 radical (unpaired) electrons. The molecule has 0 aliphatic rings. The lowest BCUT2D eigenvalue weighted by atomic mass is 10.1. The number of benzene rings is 1. The molecule has 4 nitrogen and oxygen atoms in total. The molecule has 0 saturated heterocycles. The number of carbonyl (C=O) groups excluding carboxylic acids is 1. The van der Waals surface area contributed by atoms with Crippen molar-refractivity contribution < 1.29 is 14.7 Å². The monoisotopic (exact) mass is 261 g/mol. The van der Waals surface area contributed by atoms with Crippen molar-refractivity contribution in [3.63, 3.8) is 0 Å². The standard InChI is InChI=1S/C15H19NO3/c1-11(2)8-9-16-15(19)13-5-3-4-12(10-13)6-7-14(17)18/h3-7,10-11H,8-9H2,1-2H3,(H,16,19)(H,17,18). The van der Waals surface area contributed by atoms with E-state index < -0.39 is 5.97 Å². The lowest BCUT2D eigenvalue weighted by Gasteiger charge is -2.07. The molecule has 0 saturated carbocycles. The van der Waals surface area contributed by atoms with Gasteiger partial charge >= 0.3 is 5.97 Å². The Kier molecular flexibility index (Phi) is 5.79. The maximum atomic E-state index is 11.9. The van der Waals surface area contributed by atoms with E-state index in [9.17, 15) is 9.59 Å². The number of nitrogens with one attached hydrogen (secondary N) is 1. The topological polar surface area (TPSA) is 66.4 Å². The highest BCUT2D eigenvalue weighted by Gasteiger charge is 2.05. The van der Waals surface area contributed by atoms with Crippen LogP contribution in [0.3, 0.4) is 0 Å². The van der Waals surface area contributed by atoms with Gasteiger partial charge in [-0.15, -0.1) is 0 Å². The lowest BCUT2D eigenvalue weighted by Crippen LogP contribution is -2.25. The van der Waals surface area contributed by atoms with E-state index in [2.05, 4.69) is 19.2 Å². The fraction of sp³-hybridized carbons (Fsp3) is 0.333. The molecule has 1 aromatic carbocycles. The molecular formula is C15H19NO3. The van der Waals surface area contributed by atoms with Gasteiger partial charge in [0.1, 0.15) is 0 Å². The first kappa shape index (κ1) is 15.0. The fourth-order valence-electron chi connectivity index (χ4n) is 1.53. The zero-order valence-corrected chi connectivity index (χ0v) is 11.2. The van der Waals surface area contributed by atoms with Crippen LogP contribution in [-0.2, 0) is 4.79 Å². The fourth-order valence-corrected chi connectivity index (χ4v) is 1.53. The van der Waals surface area contributed by atoms with Crippen LogP contribution in [0.1, 0.15) is 36.2 Å². The van der Waals surface area contributed by atoms with Crippen molar-refractivity contribution in [3.8, 4) is 0 Å². The Morgan fingerprint density at radius 3 is 2.74 bits per heavy atom. The normalized spacial score (nSPS) is 10.9. The number of hydrogen-bond donors (Lipinski definition) is 2. The van der Waals surface area contributed by atoms with Gasteiger partial charge in [0.15, 0.2) is 0 Å². The molecule has 1 amide bonds. The van der Waals surface area contributed by atoms with Gasteiger partial charge in [0, 0.05) is 18.2 Å². The first-order valence-electron chi connectivity index (χ1n) is 6.28. The summed E-state index contributed by atoms with van der Waals surface area (Å²) in [5.74, 6) is -0.594. The van der Waals surface area contributed by atoms with Crippen LogP contribution < -0.4 is 5.32 Å². The van der Waals surface area contributed by atoms with E-state index in [1.807, 2.05) is 0 Å². The molecule has 0 heterocycles. The van der Waals surface area contributed by atoms with Crippen molar-refractivity contribution in [1.29, 1.82) is 0 Å². The second-order valence-corrected chi connectivity index (χ2v) is 4.74. The number of hydrogen-bond acceptors (Lipinski definition) is 2. The van der Waals surface area contributed by atoms with Gasteiger partial charge in [0.25, 0.3) is 5.91 Å². The zero-order valence-electron chi connectivity index (χ0n) is 11.2. The van der Waals surface area contributed by atoms with Gasteiger partial charge in [-0.25, -0.2) is 4.79 Å². The number of carboxylic acids is 1. The molecule has 0 atom stereocenters. The first-order chi connectivity index (χ1) is 8.99.